The van der Waals surface area contributed by atoms with Gasteiger partial charge < -0.3 is 10.2 Å². The molecular formula is C14H24IN3S. The lowest BCUT2D eigenvalue weighted by atomic mass is 10.4. The lowest BCUT2D eigenvalue weighted by Gasteiger charge is -2.17. The lowest BCUT2D eigenvalue weighted by Crippen LogP contribution is -2.36. The van der Waals surface area contributed by atoms with Crippen molar-refractivity contribution < 1.29 is 0 Å². The molecule has 0 radical (unpaired) electrons. The van der Waals surface area contributed by atoms with E-state index < -0.39 is 0 Å². The van der Waals surface area contributed by atoms with E-state index in [0.717, 1.165) is 19.0 Å². The summed E-state index contributed by atoms with van der Waals surface area (Å²) in [7, 11) is 4.02. The van der Waals surface area contributed by atoms with E-state index in [1.807, 2.05) is 36.8 Å². The molecule has 1 unspecified atom stereocenters. The molecular weight excluding hydrogens is 369 g/mol. The lowest BCUT2D eigenvalue weighted by molar-refractivity contribution is 0.583. The third-order valence-electron chi connectivity index (χ3n) is 2.34. The highest BCUT2D eigenvalue weighted by atomic mass is 127. The molecule has 0 bridgehead atoms. The van der Waals surface area contributed by atoms with Crippen LogP contribution in [0.15, 0.2) is 40.2 Å². The van der Waals surface area contributed by atoms with Crippen LogP contribution < -0.4 is 5.32 Å². The maximum absolute atomic E-state index is 4.62. The van der Waals surface area contributed by atoms with Crippen LogP contribution in [0.3, 0.4) is 0 Å². The van der Waals surface area contributed by atoms with E-state index >= 15 is 0 Å². The highest BCUT2D eigenvalue weighted by Crippen LogP contribution is 2.22. The molecule has 0 spiro atoms. The predicted molar refractivity (Wildman–Crippen MR) is 96.8 cm³/mol. The first-order chi connectivity index (χ1) is 8.63. The maximum Gasteiger partial charge on any atom is 0.193 e. The molecule has 0 aliphatic carbocycles. The molecule has 1 aromatic carbocycles. The quantitative estimate of drug-likeness (QED) is 0.360. The van der Waals surface area contributed by atoms with Gasteiger partial charge in [0.2, 0.25) is 0 Å². The molecule has 19 heavy (non-hydrogen) atoms. The van der Waals surface area contributed by atoms with E-state index in [-0.39, 0.29) is 24.0 Å². The summed E-state index contributed by atoms with van der Waals surface area (Å²) >= 11 is 1.86. The van der Waals surface area contributed by atoms with Crippen LogP contribution in [0.5, 0.6) is 0 Å². The molecule has 1 rings (SSSR count). The van der Waals surface area contributed by atoms with Gasteiger partial charge in [0.25, 0.3) is 0 Å². The Labute approximate surface area is 138 Å². The molecule has 3 nitrogen and oxygen atoms in total. The molecule has 0 fully saturated rings. The van der Waals surface area contributed by atoms with Gasteiger partial charge in [-0.2, -0.15) is 0 Å². The zero-order valence-corrected chi connectivity index (χ0v) is 15.2. The molecule has 5 heteroatoms. The number of aliphatic imine (C=N–C) groups is 1. The van der Waals surface area contributed by atoms with Crippen molar-refractivity contribution in [2.75, 3.05) is 27.2 Å². The number of nitrogens with zero attached hydrogens (tertiary/aromatic N) is 2. The van der Waals surface area contributed by atoms with Crippen molar-refractivity contribution in [1.82, 2.24) is 10.2 Å². The number of guanidine groups is 1. The first-order valence-corrected chi connectivity index (χ1v) is 7.18. The highest BCUT2D eigenvalue weighted by Gasteiger charge is 2.05. The molecule has 108 valence electrons. The fraction of sp³-hybridized carbons (Fsp3) is 0.500. The van der Waals surface area contributed by atoms with E-state index in [1.54, 1.807) is 0 Å². The van der Waals surface area contributed by atoms with Crippen LogP contribution in [0, 0.1) is 0 Å². The monoisotopic (exact) mass is 393 g/mol. The van der Waals surface area contributed by atoms with Crippen molar-refractivity contribution in [1.29, 1.82) is 0 Å². The fourth-order valence-electron chi connectivity index (χ4n) is 1.50. The Morgan fingerprint density at radius 2 is 1.95 bits per heavy atom. The van der Waals surface area contributed by atoms with E-state index in [4.69, 9.17) is 0 Å². The molecule has 1 atom stereocenters. The smallest absolute Gasteiger partial charge is 0.193 e. The number of benzene rings is 1. The van der Waals surface area contributed by atoms with Gasteiger partial charge in [-0.1, -0.05) is 25.1 Å². The van der Waals surface area contributed by atoms with Crippen molar-refractivity contribution in [3.8, 4) is 0 Å². The van der Waals surface area contributed by atoms with Crippen LogP contribution in [0.25, 0.3) is 0 Å². The van der Waals surface area contributed by atoms with Gasteiger partial charge in [0.15, 0.2) is 5.96 Å². The minimum Gasteiger partial charge on any atom is -0.357 e. The zero-order chi connectivity index (χ0) is 13.4. The summed E-state index contributed by atoms with van der Waals surface area (Å²) in [5, 5.41) is 3.74. The predicted octanol–water partition coefficient (Wildman–Crippen LogP) is 3.31. The van der Waals surface area contributed by atoms with Crippen molar-refractivity contribution >= 4 is 41.7 Å². The highest BCUT2D eigenvalue weighted by molar-refractivity contribution is 14.0. The first kappa shape index (κ1) is 18.6. The summed E-state index contributed by atoms with van der Waals surface area (Å²) < 4.78 is 0. The van der Waals surface area contributed by atoms with Gasteiger partial charge in [0.1, 0.15) is 0 Å². The zero-order valence-electron chi connectivity index (χ0n) is 12.1. The maximum atomic E-state index is 4.62. The molecule has 0 amide bonds. The summed E-state index contributed by atoms with van der Waals surface area (Å²) in [6, 6.07) is 10.5. The van der Waals surface area contributed by atoms with Crippen LogP contribution >= 0.6 is 35.7 Å². The number of hydrogen-bond acceptors (Lipinski definition) is 2. The normalized spacial score (nSPS) is 12.5. The van der Waals surface area contributed by atoms with E-state index in [2.05, 4.69) is 48.4 Å². The summed E-state index contributed by atoms with van der Waals surface area (Å²) in [6.07, 6.45) is 0. The van der Waals surface area contributed by atoms with Gasteiger partial charge in [-0.25, -0.2) is 0 Å². The van der Waals surface area contributed by atoms with Gasteiger partial charge in [-0.15, -0.1) is 35.7 Å². The molecule has 0 aromatic heterocycles. The summed E-state index contributed by atoms with van der Waals surface area (Å²) in [5.74, 6) is 0.956. The Kier molecular flexibility index (Phi) is 10.1. The summed E-state index contributed by atoms with van der Waals surface area (Å²) in [6.45, 7) is 6.01. The number of nitrogens with one attached hydrogen (secondary N) is 1. The van der Waals surface area contributed by atoms with Crippen LogP contribution in [-0.4, -0.2) is 43.3 Å². The minimum atomic E-state index is 0. The van der Waals surface area contributed by atoms with Crippen LogP contribution in [-0.2, 0) is 0 Å². The Morgan fingerprint density at radius 1 is 1.32 bits per heavy atom. The Hall–Kier alpha value is -0.430. The van der Waals surface area contributed by atoms with Gasteiger partial charge in [-0.05, 0) is 19.1 Å². The Morgan fingerprint density at radius 3 is 2.47 bits per heavy atom. The molecule has 0 aliphatic heterocycles. The van der Waals surface area contributed by atoms with E-state index in [0.29, 0.717) is 5.25 Å². The number of halogens is 1. The fourth-order valence-corrected chi connectivity index (χ4v) is 2.43. The van der Waals surface area contributed by atoms with Gasteiger partial charge in [0.05, 0.1) is 6.54 Å². The van der Waals surface area contributed by atoms with E-state index in [1.165, 1.54) is 4.90 Å². The van der Waals surface area contributed by atoms with Crippen molar-refractivity contribution in [3.05, 3.63) is 30.3 Å². The van der Waals surface area contributed by atoms with Crippen molar-refractivity contribution in [2.45, 2.75) is 24.0 Å². The molecule has 0 aliphatic rings. The van der Waals surface area contributed by atoms with Crippen LogP contribution in [0.2, 0.25) is 0 Å². The standard InChI is InChI=1S/C14H23N3S.HI/c1-5-15-14(17(3)4)16-11-12(2)18-13-9-7-6-8-10-13;/h6-10,12H,5,11H2,1-4H3,(H,15,16);1H. The minimum absolute atomic E-state index is 0. The largest absolute Gasteiger partial charge is 0.357 e. The van der Waals surface area contributed by atoms with Crippen LogP contribution in [0.4, 0.5) is 0 Å². The number of thioether (sulfide) groups is 1. The topological polar surface area (TPSA) is 27.6 Å². The summed E-state index contributed by atoms with van der Waals surface area (Å²) in [4.78, 5) is 7.94. The van der Waals surface area contributed by atoms with Gasteiger partial charge >= 0.3 is 0 Å². The van der Waals surface area contributed by atoms with Gasteiger partial charge in [0, 0.05) is 30.8 Å². The SMILES string of the molecule is CCNC(=NCC(C)Sc1ccccc1)N(C)C.I. The Balaban J connectivity index is 0.00000324. The van der Waals surface area contributed by atoms with Crippen LogP contribution in [0.1, 0.15) is 13.8 Å². The second-order valence-corrected chi connectivity index (χ2v) is 5.84. The number of hydrogen-bond donors (Lipinski definition) is 1. The molecule has 1 N–H and O–H groups in total. The third kappa shape index (κ3) is 7.67. The van der Waals surface area contributed by atoms with Gasteiger partial charge in [-0.3, -0.25) is 4.99 Å². The first-order valence-electron chi connectivity index (χ1n) is 6.30. The third-order valence-corrected chi connectivity index (χ3v) is 3.43. The summed E-state index contributed by atoms with van der Waals surface area (Å²) in [5.41, 5.74) is 0. The average molecular weight is 393 g/mol. The molecule has 0 saturated heterocycles. The van der Waals surface area contributed by atoms with Crippen molar-refractivity contribution in [3.63, 3.8) is 0 Å². The second-order valence-electron chi connectivity index (χ2n) is 4.33. The van der Waals surface area contributed by atoms with E-state index in [9.17, 15) is 0 Å². The van der Waals surface area contributed by atoms with Crippen molar-refractivity contribution in [2.24, 2.45) is 4.99 Å². The average Bonchev–Trinajstić information content (AvgIpc) is 2.35. The Bertz CT molecular complexity index is 368. The molecule has 1 aromatic rings. The molecule has 0 heterocycles. The number of rotatable bonds is 5. The molecule has 0 saturated carbocycles. The second kappa shape index (κ2) is 10.4.